The van der Waals surface area contributed by atoms with E-state index in [0.29, 0.717) is 17.0 Å². The van der Waals surface area contributed by atoms with Crippen LogP contribution >= 0.6 is 27.7 Å². The van der Waals surface area contributed by atoms with Gasteiger partial charge in [0, 0.05) is 23.6 Å². The maximum absolute atomic E-state index is 5.70. The molecule has 0 aliphatic carbocycles. The molecule has 0 saturated carbocycles. The third-order valence-electron chi connectivity index (χ3n) is 3.00. The second-order valence-electron chi connectivity index (χ2n) is 4.08. The number of nitrogen functional groups attached to an aromatic ring is 1. The summed E-state index contributed by atoms with van der Waals surface area (Å²) >= 11 is 5.56. The molecule has 5 heteroatoms. The molecule has 0 radical (unpaired) electrons. The van der Waals surface area contributed by atoms with Gasteiger partial charge in [0.1, 0.15) is 5.82 Å². The van der Waals surface area contributed by atoms with Gasteiger partial charge in [0.05, 0.1) is 16.4 Å². The molecule has 2 N–H and O–H groups in total. The van der Waals surface area contributed by atoms with Crippen molar-refractivity contribution in [3.8, 4) is 0 Å². The van der Waals surface area contributed by atoms with Gasteiger partial charge in [-0.2, -0.15) is 11.8 Å². The van der Waals surface area contributed by atoms with Gasteiger partial charge in [0.15, 0.2) is 0 Å². The fourth-order valence-electron chi connectivity index (χ4n) is 1.89. The molecular weight excluding hydrogens is 286 g/mol. The quantitative estimate of drug-likeness (QED) is 0.866. The molecule has 0 amide bonds. The normalized spacial score (nSPS) is 25.8. The van der Waals surface area contributed by atoms with Crippen LogP contribution < -0.4 is 10.6 Å². The van der Waals surface area contributed by atoms with Crippen LogP contribution in [-0.2, 0) is 0 Å². The molecule has 16 heavy (non-hydrogen) atoms. The summed E-state index contributed by atoms with van der Waals surface area (Å²) in [4.78, 5) is 6.78. The molecule has 0 bridgehead atoms. The van der Waals surface area contributed by atoms with Gasteiger partial charge in [-0.05, 0) is 28.9 Å². The average Bonchev–Trinajstić information content (AvgIpc) is 2.23. The van der Waals surface area contributed by atoms with Gasteiger partial charge in [-0.15, -0.1) is 0 Å². The zero-order valence-electron chi connectivity index (χ0n) is 9.48. The largest absolute Gasteiger partial charge is 0.397 e. The van der Waals surface area contributed by atoms with Crippen molar-refractivity contribution in [1.82, 2.24) is 4.98 Å². The number of anilines is 2. The number of thioether (sulfide) groups is 1. The lowest BCUT2D eigenvalue weighted by molar-refractivity contribution is 0.619. The highest BCUT2D eigenvalue weighted by atomic mass is 79.9. The Hall–Kier alpha value is -0.420. The molecule has 0 spiro atoms. The van der Waals surface area contributed by atoms with Crippen molar-refractivity contribution in [3.05, 3.63) is 16.7 Å². The van der Waals surface area contributed by atoms with E-state index in [1.165, 1.54) is 0 Å². The molecule has 0 aromatic carbocycles. The molecule has 2 heterocycles. The molecule has 1 saturated heterocycles. The van der Waals surface area contributed by atoms with Gasteiger partial charge in [0.2, 0.25) is 0 Å². The van der Waals surface area contributed by atoms with Crippen LogP contribution in [0, 0.1) is 0 Å². The standard InChI is InChI=1S/C11H16BrN3S/c1-7-8(2)16-4-3-15(7)11-10(12)5-9(13)6-14-11/h5-8H,3-4,13H2,1-2H3. The van der Waals surface area contributed by atoms with Crippen molar-refractivity contribution in [2.75, 3.05) is 22.9 Å². The minimum Gasteiger partial charge on any atom is -0.397 e. The first-order chi connectivity index (χ1) is 7.59. The average molecular weight is 302 g/mol. The minimum atomic E-state index is 0.506. The van der Waals surface area contributed by atoms with E-state index in [0.717, 1.165) is 22.6 Å². The molecule has 1 aromatic rings. The van der Waals surface area contributed by atoms with Gasteiger partial charge < -0.3 is 10.6 Å². The van der Waals surface area contributed by atoms with Crippen molar-refractivity contribution in [3.63, 3.8) is 0 Å². The van der Waals surface area contributed by atoms with Crippen molar-refractivity contribution < 1.29 is 0 Å². The third-order valence-corrected chi connectivity index (χ3v) is 4.92. The number of halogens is 1. The molecule has 3 nitrogen and oxygen atoms in total. The van der Waals surface area contributed by atoms with Crippen LogP contribution in [0.25, 0.3) is 0 Å². The van der Waals surface area contributed by atoms with Crippen LogP contribution in [0.5, 0.6) is 0 Å². The lowest BCUT2D eigenvalue weighted by atomic mass is 10.2. The summed E-state index contributed by atoms with van der Waals surface area (Å²) < 4.78 is 0.985. The molecule has 1 aromatic heterocycles. The van der Waals surface area contributed by atoms with E-state index >= 15 is 0 Å². The van der Waals surface area contributed by atoms with Crippen molar-refractivity contribution in [2.24, 2.45) is 0 Å². The zero-order chi connectivity index (χ0) is 11.7. The lowest BCUT2D eigenvalue weighted by Crippen LogP contribution is -2.45. The smallest absolute Gasteiger partial charge is 0.143 e. The molecular formula is C11H16BrN3S. The Bertz CT molecular complexity index is 385. The van der Waals surface area contributed by atoms with E-state index in [2.05, 4.69) is 39.7 Å². The number of nitrogens with zero attached hydrogens (tertiary/aromatic N) is 2. The topological polar surface area (TPSA) is 42.2 Å². The van der Waals surface area contributed by atoms with Gasteiger partial charge in [-0.3, -0.25) is 0 Å². The number of rotatable bonds is 1. The predicted molar refractivity (Wildman–Crippen MR) is 75.1 cm³/mol. The molecule has 1 aliphatic rings. The SMILES string of the molecule is CC1SCCN(c2ncc(N)cc2Br)C1C. The number of aromatic nitrogens is 1. The first kappa shape index (κ1) is 12.0. The highest BCUT2D eigenvalue weighted by Crippen LogP contribution is 2.32. The maximum atomic E-state index is 5.70. The number of pyridine rings is 1. The van der Waals surface area contributed by atoms with Crippen molar-refractivity contribution >= 4 is 39.2 Å². The Labute approximate surface area is 109 Å². The van der Waals surface area contributed by atoms with Crippen molar-refractivity contribution in [1.29, 1.82) is 0 Å². The van der Waals surface area contributed by atoms with E-state index in [9.17, 15) is 0 Å². The Morgan fingerprint density at radius 2 is 2.31 bits per heavy atom. The predicted octanol–water partition coefficient (Wildman–Crippen LogP) is 2.76. The van der Waals surface area contributed by atoms with Crippen LogP contribution in [0.2, 0.25) is 0 Å². The summed E-state index contributed by atoms with van der Waals surface area (Å²) in [5.74, 6) is 2.16. The molecule has 1 fully saturated rings. The van der Waals surface area contributed by atoms with E-state index < -0.39 is 0 Å². The zero-order valence-corrected chi connectivity index (χ0v) is 11.9. The summed E-state index contributed by atoms with van der Waals surface area (Å²) in [6.45, 7) is 5.57. The number of hydrogen-bond donors (Lipinski definition) is 1. The van der Waals surface area contributed by atoms with E-state index in [1.807, 2.05) is 17.8 Å². The van der Waals surface area contributed by atoms with Crippen LogP contribution in [0.15, 0.2) is 16.7 Å². The fourth-order valence-corrected chi connectivity index (χ4v) is 3.58. The summed E-state index contributed by atoms with van der Waals surface area (Å²) in [6, 6.07) is 2.42. The molecule has 2 atom stereocenters. The summed E-state index contributed by atoms with van der Waals surface area (Å²) in [5, 5.41) is 0.639. The molecule has 88 valence electrons. The minimum absolute atomic E-state index is 0.506. The number of nitrogens with two attached hydrogens (primary N) is 1. The second-order valence-corrected chi connectivity index (χ2v) is 6.42. The first-order valence-corrected chi connectivity index (χ1v) is 7.23. The van der Waals surface area contributed by atoms with E-state index in [-0.39, 0.29) is 0 Å². The monoisotopic (exact) mass is 301 g/mol. The Kier molecular flexibility index (Phi) is 3.64. The van der Waals surface area contributed by atoms with Gasteiger partial charge in [0.25, 0.3) is 0 Å². The fraction of sp³-hybridized carbons (Fsp3) is 0.545. The van der Waals surface area contributed by atoms with Gasteiger partial charge in [-0.25, -0.2) is 4.98 Å². The number of hydrogen-bond acceptors (Lipinski definition) is 4. The van der Waals surface area contributed by atoms with Gasteiger partial charge >= 0.3 is 0 Å². The van der Waals surface area contributed by atoms with E-state index in [4.69, 9.17) is 5.73 Å². The van der Waals surface area contributed by atoms with Crippen LogP contribution in [0.1, 0.15) is 13.8 Å². The highest BCUT2D eigenvalue weighted by Gasteiger charge is 2.27. The molecule has 2 unspecified atom stereocenters. The molecule has 2 rings (SSSR count). The van der Waals surface area contributed by atoms with Gasteiger partial charge in [-0.1, -0.05) is 6.92 Å². The third kappa shape index (κ3) is 2.30. The van der Waals surface area contributed by atoms with Crippen molar-refractivity contribution in [2.45, 2.75) is 25.1 Å². The first-order valence-electron chi connectivity index (χ1n) is 5.39. The Morgan fingerprint density at radius 1 is 1.56 bits per heavy atom. The lowest BCUT2D eigenvalue weighted by Gasteiger charge is -2.38. The summed E-state index contributed by atoms with van der Waals surface area (Å²) in [7, 11) is 0. The second kappa shape index (κ2) is 4.84. The summed E-state index contributed by atoms with van der Waals surface area (Å²) in [6.07, 6.45) is 1.72. The van der Waals surface area contributed by atoms with Crippen LogP contribution in [-0.4, -0.2) is 28.6 Å². The molecule has 1 aliphatic heterocycles. The Morgan fingerprint density at radius 3 is 3.00 bits per heavy atom. The summed E-state index contributed by atoms with van der Waals surface area (Å²) in [5.41, 5.74) is 6.40. The van der Waals surface area contributed by atoms with Crippen LogP contribution in [0.3, 0.4) is 0 Å². The van der Waals surface area contributed by atoms with E-state index in [1.54, 1.807) is 6.20 Å². The maximum Gasteiger partial charge on any atom is 0.143 e. The Balaban J connectivity index is 2.29. The van der Waals surface area contributed by atoms with Crippen LogP contribution in [0.4, 0.5) is 11.5 Å². The highest BCUT2D eigenvalue weighted by molar-refractivity contribution is 9.10.